The van der Waals surface area contributed by atoms with Crippen LogP contribution in [0, 0.1) is 0 Å². The Bertz CT molecular complexity index is 839. The number of carbonyl (C=O) groups is 1. The van der Waals surface area contributed by atoms with Gasteiger partial charge in [-0.15, -0.1) is 13.2 Å². The number of amides is 1. The van der Waals surface area contributed by atoms with Crippen LogP contribution in [0.25, 0.3) is 0 Å². The van der Waals surface area contributed by atoms with Crippen LogP contribution < -0.4 is 20.7 Å². The highest BCUT2D eigenvalue weighted by atomic mass is 19.4. The van der Waals surface area contributed by atoms with Crippen LogP contribution in [-0.2, 0) is 17.8 Å². The third-order valence-electron chi connectivity index (χ3n) is 3.71. The van der Waals surface area contributed by atoms with Crippen molar-refractivity contribution in [3.05, 3.63) is 59.7 Å². The summed E-state index contributed by atoms with van der Waals surface area (Å²) in [5, 5.41) is 8.55. The first kappa shape index (κ1) is 21.9. The second kappa shape index (κ2) is 10.2. The predicted octanol–water partition coefficient (Wildman–Crippen LogP) is 3.63. The van der Waals surface area contributed by atoms with Crippen molar-refractivity contribution in [1.29, 1.82) is 0 Å². The molecule has 0 aliphatic heterocycles. The minimum atomic E-state index is -4.76. The second-order valence-electron chi connectivity index (χ2n) is 5.75. The van der Waals surface area contributed by atoms with E-state index < -0.39 is 12.5 Å². The summed E-state index contributed by atoms with van der Waals surface area (Å²) < 4.78 is 46.1. The molecule has 1 amide bonds. The number of nitrogens with one attached hydrogen (secondary N) is 3. The molecular formula is C19H21F3N4O3. The molecule has 0 bridgehead atoms. The molecule has 0 fully saturated rings. The molecule has 0 aliphatic carbocycles. The number of halogens is 3. The second-order valence-corrected chi connectivity index (χ2v) is 5.75. The number of para-hydroxylation sites is 1. The lowest BCUT2D eigenvalue weighted by Gasteiger charge is -2.15. The van der Waals surface area contributed by atoms with Crippen LogP contribution >= 0.6 is 0 Å². The maximum atomic E-state index is 12.5. The van der Waals surface area contributed by atoms with Crippen LogP contribution in [0.4, 0.5) is 23.7 Å². The number of anilines is 1. The molecule has 0 heterocycles. The van der Waals surface area contributed by atoms with E-state index in [1.165, 1.54) is 25.3 Å². The van der Waals surface area contributed by atoms with Gasteiger partial charge in [-0.2, -0.15) is 0 Å². The number of ether oxygens (including phenoxy) is 2. The van der Waals surface area contributed by atoms with Gasteiger partial charge in [0.15, 0.2) is 5.96 Å². The summed E-state index contributed by atoms with van der Waals surface area (Å²) in [6, 6.07) is 12.9. The van der Waals surface area contributed by atoms with E-state index in [1.54, 1.807) is 37.4 Å². The number of methoxy groups -OCH3 is 1. The monoisotopic (exact) mass is 410 g/mol. The first-order valence-electron chi connectivity index (χ1n) is 8.53. The molecule has 0 unspecified atom stereocenters. The minimum Gasteiger partial charge on any atom is -0.453 e. The number of alkyl halides is 3. The van der Waals surface area contributed by atoms with Crippen LogP contribution in [0.3, 0.4) is 0 Å². The van der Waals surface area contributed by atoms with Crippen molar-refractivity contribution in [2.75, 3.05) is 19.5 Å². The maximum Gasteiger partial charge on any atom is 0.573 e. The van der Waals surface area contributed by atoms with Crippen molar-refractivity contribution in [3.8, 4) is 5.75 Å². The number of nitrogens with zero attached hydrogens (tertiary/aromatic N) is 1. The number of hydrogen-bond acceptors (Lipinski definition) is 4. The highest BCUT2D eigenvalue weighted by Crippen LogP contribution is 2.26. The van der Waals surface area contributed by atoms with Crippen molar-refractivity contribution < 1.29 is 27.4 Å². The zero-order valence-electron chi connectivity index (χ0n) is 15.8. The smallest absolute Gasteiger partial charge is 0.453 e. The molecule has 2 aromatic rings. The van der Waals surface area contributed by atoms with Gasteiger partial charge in [0.1, 0.15) is 5.75 Å². The van der Waals surface area contributed by atoms with Gasteiger partial charge in [-0.3, -0.25) is 10.3 Å². The standard InChI is InChI=1S/C19H21F3N4O3/c1-23-17(24-11-13-7-9-15(10-8-13)26-18(27)28-2)25-12-14-5-3-4-6-16(14)29-19(20,21)22/h3-10H,11-12H2,1-2H3,(H,26,27)(H2,23,24,25). The molecule has 156 valence electrons. The lowest BCUT2D eigenvalue weighted by atomic mass is 10.2. The number of aliphatic imine (C=N–C) groups is 1. The fourth-order valence-electron chi connectivity index (χ4n) is 2.33. The summed E-state index contributed by atoms with van der Waals surface area (Å²) in [5.41, 5.74) is 1.83. The van der Waals surface area contributed by atoms with Gasteiger partial charge in [-0.05, 0) is 23.8 Å². The van der Waals surface area contributed by atoms with Gasteiger partial charge < -0.3 is 20.1 Å². The Hall–Kier alpha value is -3.43. The first-order chi connectivity index (χ1) is 13.8. The van der Waals surface area contributed by atoms with Gasteiger partial charge in [-0.1, -0.05) is 30.3 Å². The predicted molar refractivity (Wildman–Crippen MR) is 103 cm³/mol. The molecule has 7 nitrogen and oxygen atoms in total. The van der Waals surface area contributed by atoms with E-state index >= 15 is 0 Å². The molecule has 29 heavy (non-hydrogen) atoms. The number of carbonyl (C=O) groups excluding carboxylic acids is 1. The Morgan fingerprint density at radius 2 is 1.69 bits per heavy atom. The number of rotatable bonds is 6. The Kier molecular flexibility index (Phi) is 7.70. The van der Waals surface area contributed by atoms with Crippen molar-refractivity contribution in [3.63, 3.8) is 0 Å². The summed E-state index contributed by atoms with van der Waals surface area (Å²) >= 11 is 0. The third-order valence-corrected chi connectivity index (χ3v) is 3.71. The van der Waals surface area contributed by atoms with Gasteiger partial charge in [0.2, 0.25) is 0 Å². The summed E-state index contributed by atoms with van der Waals surface area (Å²) in [6.45, 7) is 0.507. The van der Waals surface area contributed by atoms with Gasteiger partial charge in [-0.25, -0.2) is 4.79 Å². The number of guanidine groups is 1. The molecule has 10 heteroatoms. The largest absolute Gasteiger partial charge is 0.573 e. The molecule has 3 N–H and O–H groups in total. The molecule has 0 aliphatic rings. The van der Waals surface area contributed by atoms with Crippen molar-refractivity contribution in [2.45, 2.75) is 19.5 Å². The summed E-state index contributed by atoms with van der Waals surface area (Å²) in [4.78, 5) is 15.2. The Balaban J connectivity index is 1.90. The van der Waals surface area contributed by atoms with E-state index in [4.69, 9.17) is 0 Å². The van der Waals surface area contributed by atoms with Crippen LogP contribution in [0.2, 0.25) is 0 Å². The average molecular weight is 410 g/mol. The van der Waals surface area contributed by atoms with Crippen LogP contribution in [0.1, 0.15) is 11.1 Å². The zero-order valence-corrected chi connectivity index (χ0v) is 15.8. The molecule has 0 saturated heterocycles. The molecule has 0 atom stereocenters. The molecule has 0 spiro atoms. The van der Waals surface area contributed by atoms with Gasteiger partial charge >= 0.3 is 12.5 Å². The van der Waals surface area contributed by atoms with Gasteiger partial charge in [0, 0.05) is 31.4 Å². The Morgan fingerprint density at radius 3 is 2.31 bits per heavy atom. The third kappa shape index (κ3) is 7.60. The van der Waals surface area contributed by atoms with Crippen molar-refractivity contribution in [2.24, 2.45) is 4.99 Å². The molecule has 0 saturated carbocycles. The van der Waals surface area contributed by atoms with Crippen LogP contribution in [0.5, 0.6) is 5.75 Å². The Labute approximate surface area is 165 Å². The maximum absolute atomic E-state index is 12.5. The summed E-state index contributed by atoms with van der Waals surface area (Å²) in [6.07, 6.45) is -5.32. The van der Waals surface area contributed by atoms with E-state index in [0.29, 0.717) is 23.8 Å². The zero-order chi connectivity index (χ0) is 21.3. The molecule has 0 radical (unpaired) electrons. The normalized spacial score (nSPS) is 11.6. The summed E-state index contributed by atoms with van der Waals surface area (Å²) in [5.74, 6) is 0.139. The fraction of sp³-hybridized carbons (Fsp3) is 0.263. The number of hydrogen-bond donors (Lipinski definition) is 3. The van der Waals surface area contributed by atoms with Crippen molar-refractivity contribution >= 4 is 17.7 Å². The topological polar surface area (TPSA) is 84.0 Å². The van der Waals surface area contributed by atoms with E-state index in [9.17, 15) is 18.0 Å². The number of benzene rings is 2. The van der Waals surface area contributed by atoms with E-state index in [1.807, 2.05) is 0 Å². The highest BCUT2D eigenvalue weighted by molar-refractivity contribution is 5.84. The lowest BCUT2D eigenvalue weighted by Crippen LogP contribution is -2.36. The van der Waals surface area contributed by atoms with E-state index in [0.717, 1.165) is 5.56 Å². The minimum absolute atomic E-state index is 0.0912. The van der Waals surface area contributed by atoms with Gasteiger partial charge in [0.05, 0.1) is 7.11 Å². The first-order valence-corrected chi connectivity index (χ1v) is 8.53. The molecule has 2 rings (SSSR count). The van der Waals surface area contributed by atoms with Crippen LogP contribution in [-0.4, -0.2) is 32.6 Å². The Morgan fingerprint density at radius 1 is 1.03 bits per heavy atom. The van der Waals surface area contributed by atoms with E-state index in [-0.39, 0.29) is 12.3 Å². The fourth-order valence-corrected chi connectivity index (χ4v) is 2.33. The average Bonchev–Trinajstić information content (AvgIpc) is 2.69. The van der Waals surface area contributed by atoms with Crippen LogP contribution in [0.15, 0.2) is 53.5 Å². The molecule has 0 aromatic heterocycles. The SMILES string of the molecule is CN=C(NCc1ccc(NC(=O)OC)cc1)NCc1ccccc1OC(F)(F)F. The van der Waals surface area contributed by atoms with E-state index in [2.05, 4.69) is 30.4 Å². The molecular weight excluding hydrogens is 389 g/mol. The molecule has 2 aromatic carbocycles. The lowest BCUT2D eigenvalue weighted by molar-refractivity contribution is -0.274. The van der Waals surface area contributed by atoms with Gasteiger partial charge in [0.25, 0.3) is 0 Å². The van der Waals surface area contributed by atoms with Crippen molar-refractivity contribution in [1.82, 2.24) is 10.6 Å². The summed E-state index contributed by atoms with van der Waals surface area (Å²) in [7, 11) is 2.83. The quantitative estimate of drug-likeness (QED) is 0.500. The highest BCUT2D eigenvalue weighted by Gasteiger charge is 2.31.